The average molecular weight is 306 g/mol. The first-order valence-corrected chi connectivity index (χ1v) is 7.68. The number of halogens is 1. The molecule has 102 valence electrons. The zero-order chi connectivity index (χ0) is 14.1. The van der Waals surface area contributed by atoms with Crippen molar-refractivity contribution in [3.8, 4) is 0 Å². The highest BCUT2D eigenvalue weighted by Gasteiger charge is 2.07. The number of thiophene rings is 1. The van der Waals surface area contributed by atoms with Crippen molar-refractivity contribution in [2.24, 2.45) is 12.0 Å². The fourth-order valence-electron chi connectivity index (χ4n) is 1.92. The summed E-state index contributed by atoms with van der Waals surface area (Å²) >= 11 is 2.86. The highest BCUT2D eigenvalue weighted by Crippen LogP contribution is 2.17. The molecule has 3 nitrogen and oxygen atoms in total. The lowest BCUT2D eigenvalue weighted by molar-refractivity contribution is -0.117. The maximum Gasteiger partial charge on any atom is 0.253 e. The molecule has 20 heavy (non-hydrogen) atoms. The van der Waals surface area contributed by atoms with E-state index >= 15 is 0 Å². The molecule has 0 atom stereocenters. The van der Waals surface area contributed by atoms with Crippen LogP contribution in [0.2, 0.25) is 0 Å². The van der Waals surface area contributed by atoms with Gasteiger partial charge < -0.3 is 4.57 Å². The van der Waals surface area contributed by atoms with Crippen LogP contribution in [-0.4, -0.2) is 10.5 Å². The molecule has 0 aliphatic rings. The van der Waals surface area contributed by atoms with Gasteiger partial charge in [-0.25, -0.2) is 4.39 Å². The smallest absolute Gasteiger partial charge is 0.253 e. The van der Waals surface area contributed by atoms with Crippen molar-refractivity contribution in [1.29, 1.82) is 0 Å². The number of thiazole rings is 1. The van der Waals surface area contributed by atoms with Crippen molar-refractivity contribution >= 4 is 38.8 Å². The molecule has 0 saturated carbocycles. The second kappa shape index (κ2) is 5.30. The molecular formula is C14H11FN2OS2. The maximum atomic E-state index is 13.2. The third-order valence-electron chi connectivity index (χ3n) is 2.90. The number of aryl methyl sites for hydroxylation is 1. The van der Waals surface area contributed by atoms with Gasteiger partial charge in [0.2, 0.25) is 0 Å². The summed E-state index contributed by atoms with van der Waals surface area (Å²) in [6.07, 6.45) is 0.306. The molecule has 0 radical (unpaired) electrons. The van der Waals surface area contributed by atoms with Crippen LogP contribution in [0.4, 0.5) is 4.39 Å². The number of fused-ring (bicyclic) bond motifs is 1. The molecule has 3 rings (SSSR count). The van der Waals surface area contributed by atoms with Crippen LogP contribution in [0.1, 0.15) is 4.88 Å². The Morgan fingerprint density at radius 2 is 2.25 bits per heavy atom. The Morgan fingerprint density at radius 1 is 1.40 bits per heavy atom. The van der Waals surface area contributed by atoms with E-state index in [2.05, 4.69) is 4.99 Å². The number of hydrogen-bond acceptors (Lipinski definition) is 3. The number of benzene rings is 1. The Labute approximate surface area is 122 Å². The number of hydrogen-bond donors (Lipinski definition) is 0. The monoisotopic (exact) mass is 306 g/mol. The van der Waals surface area contributed by atoms with Crippen LogP contribution >= 0.6 is 22.7 Å². The Morgan fingerprint density at radius 3 is 3.00 bits per heavy atom. The summed E-state index contributed by atoms with van der Waals surface area (Å²) in [6.45, 7) is 0. The molecule has 0 spiro atoms. The van der Waals surface area contributed by atoms with Crippen molar-refractivity contribution in [2.45, 2.75) is 6.42 Å². The van der Waals surface area contributed by atoms with Crippen molar-refractivity contribution in [3.63, 3.8) is 0 Å². The van der Waals surface area contributed by atoms with E-state index in [1.807, 2.05) is 29.1 Å². The van der Waals surface area contributed by atoms with Gasteiger partial charge >= 0.3 is 0 Å². The minimum absolute atomic E-state index is 0.185. The van der Waals surface area contributed by atoms with E-state index in [9.17, 15) is 9.18 Å². The van der Waals surface area contributed by atoms with Gasteiger partial charge in [-0.05, 0) is 29.6 Å². The van der Waals surface area contributed by atoms with Gasteiger partial charge in [0.1, 0.15) is 5.82 Å². The molecule has 0 fully saturated rings. The summed E-state index contributed by atoms with van der Waals surface area (Å²) in [5.41, 5.74) is 0.874. The van der Waals surface area contributed by atoms with Gasteiger partial charge in [0.15, 0.2) is 4.80 Å². The Balaban J connectivity index is 1.99. The van der Waals surface area contributed by atoms with Crippen LogP contribution in [0.25, 0.3) is 10.2 Å². The highest BCUT2D eigenvalue weighted by molar-refractivity contribution is 7.16. The van der Waals surface area contributed by atoms with Gasteiger partial charge in [0.25, 0.3) is 5.91 Å². The molecule has 0 aliphatic carbocycles. The number of aromatic nitrogens is 1. The minimum Gasteiger partial charge on any atom is -0.319 e. The number of carbonyl (C=O) groups is 1. The Kier molecular flexibility index (Phi) is 3.50. The summed E-state index contributed by atoms with van der Waals surface area (Å²) in [5, 5.41) is 1.94. The standard InChI is InChI=1S/C14H11FN2OS2/c1-17-11-5-4-9(15)7-12(11)20-14(17)16-13(18)8-10-3-2-6-19-10/h2-7H,8H2,1H3. The molecule has 0 N–H and O–H groups in total. The summed E-state index contributed by atoms with van der Waals surface area (Å²) in [6, 6.07) is 8.40. The highest BCUT2D eigenvalue weighted by atomic mass is 32.1. The van der Waals surface area contributed by atoms with Crippen LogP contribution in [0.3, 0.4) is 0 Å². The molecule has 1 amide bonds. The number of nitrogens with zero attached hydrogens (tertiary/aromatic N) is 2. The van der Waals surface area contributed by atoms with E-state index in [0.717, 1.165) is 15.1 Å². The van der Waals surface area contributed by atoms with Crippen molar-refractivity contribution in [1.82, 2.24) is 4.57 Å². The van der Waals surface area contributed by atoms with Crippen LogP contribution in [0, 0.1) is 5.82 Å². The quantitative estimate of drug-likeness (QED) is 0.716. The van der Waals surface area contributed by atoms with Crippen molar-refractivity contribution in [2.75, 3.05) is 0 Å². The lowest BCUT2D eigenvalue weighted by Gasteiger charge is -1.95. The Hall–Kier alpha value is -1.79. The predicted molar refractivity (Wildman–Crippen MR) is 79.3 cm³/mol. The third-order valence-corrected chi connectivity index (χ3v) is 4.87. The molecule has 2 heterocycles. The third kappa shape index (κ3) is 2.57. The van der Waals surface area contributed by atoms with Crippen LogP contribution in [0.15, 0.2) is 40.7 Å². The molecule has 3 aromatic rings. The van der Waals surface area contributed by atoms with E-state index in [1.165, 1.54) is 34.8 Å². The molecule has 1 aromatic carbocycles. The topological polar surface area (TPSA) is 34.4 Å². The normalized spacial score (nSPS) is 12.2. The van der Waals surface area contributed by atoms with E-state index in [4.69, 9.17) is 0 Å². The van der Waals surface area contributed by atoms with Crippen LogP contribution in [0.5, 0.6) is 0 Å². The second-order valence-corrected chi connectivity index (χ2v) is 6.36. The van der Waals surface area contributed by atoms with Crippen molar-refractivity contribution in [3.05, 3.63) is 51.2 Å². The first-order valence-electron chi connectivity index (χ1n) is 5.98. The number of carbonyl (C=O) groups excluding carboxylic acids is 1. The SMILES string of the molecule is Cn1c(=NC(=O)Cc2cccs2)sc2cc(F)ccc21. The molecule has 0 aliphatic heterocycles. The molecule has 2 aromatic heterocycles. The van der Waals surface area contributed by atoms with Gasteiger partial charge in [0, 0.05) is 11.9 Å². The van der Waals surface area contributed by atoms with E-state index in [0.29, 0.717) is 11.2 Å². The van der Waals surface area contributed by atoms with E-state index in [1.54, 1.807) is 6.07 Å². The first-order chi connectivity index (χ1) is 9.63. The summed E-state index contributed by atoms with van der Waals surface area (Å²) in [4.78, 5) is 17.6. The molecule has 0 saturated heterocycles. The summed E-state index contributed by atoms with van der Waals surface area (Å²) < 4.78 is 15.8. The second-order valence-electron chi connectivity index (χ2n) is 4.32. The number of amides is 1. The van der Waals surface area contributed by atoms with Gasteiger partial charge in [0.05, 0.1) is 16.6 Å². The fourth-order valence-corrected chi connectivity index (χ4v) is 3.68. The van der Waals surface area contributed by atoms with Crippen molar-refractivity contribution < 1.29 is 9.18 Å². The van der Waals surface area contributed by atoms with Crippen LogP contribution in [-0.2, 0) is 18.3 Å². The Bertz CT molecular complexity index is 831. The molecule has 0 bridgehead atoms. The fraction of sp³-hybridized carbons (Fsp3) is 0.143. The number of rotatable bonds is 2. The molecule has 6 heteroatoms. The van der Waals surface area contributed by atoms with Gasteiger partial charge in [-0.3, -0.25) is 4.79 Å². The lowest BCUT2D eigenvalue weighted by atomic mass is 10.3. The van der Waals surface area contributed by atoms with Gasteiger partial charge in [-0.15, -0.1) is 11.3 Å². The van der Waals surface area contributed by atoms with Crippen LogP contribution < -0.4 is 4.80 Å². The average Bonchev–Trinajstić information content (AvgIpc) is 2.99. The maximum absolute atomic E-state index is 13.2. The zero-order valence-electron chi connectivity index (χ0n) is 10.7. The van der Waals surface area contributed by atoms with E-state index < -0.39 is 0 Å². The summed E-state index contributed by atoms with van der Waals surface area (Å²) in [5.74, 6) is -0.467. The first kappa shape index (κ1) is 13.2. The molecular weight excluding hydrogens is 295 g/mol. The largest absolute Gasteiger partial charge is 0.319 e. The summed E-state index contributed by atoms with van der Waals surface area (Å²) in [7, 11) is 1.83. The predicted octanol–water partition coefficient (Wildman–Crippen LogP) is 3.11. The van der Waals surface area contributed by atoms with Gasteiger partial charge in [-0.1, -0.05) is 17.4 Å². The lowest BCUT2D eigenvalue weighted by Crippen LogP contribution is -2.13. The van der Waals surface area contributed by atoms with Gasteiger partial charge in [-0.2, -0.15) is 4.99 Å². The molecule has 0 unspecified atom stereocenters. The minimum atomic E-state index is -0.282. The van der Waals surface area contributed by atoms with E-state index in [-0.39, 0.29) is 11.7 Å². The zero-order valence-corrected chi connectivity index (χ0v) is 12.3.